The van der Waals surface area contributed by atoms with Crippen LogP contribution in [0, 0.1) is 0 Å². The number of carbonyl (C=O) groups excluding carboxylic acids is 1. The lowest BCUT2D eigenvalue weighted by Crippen LogP contribution is -2.34. The third kappa shape index (κ3) is 5.39. The maximum Gasteiger partial charge on any atom is 0.407 e. The standard InChI is InChI=1S/C13H25NO3/c1-2-3-4-5-6-7-8-9-12-11(10-15)14-13(16)17-12/h11-12,15H,2-10H2,1H3,(H,14,16)/t11-,12+/m0/s1. The van der Waals surface area contributed by atoms with Crippen molar-refractivity contribution in [3.63, 3.8) is 0 Å². The van der Waals surface area contributed by atoms with Crippen LogP contribution in [0.1, 0.15) is 58.3 Å². The Labute approximate surface area is 104 Å². The van der Waals surface area contributed by atoms with Gasteiger partial charge in [0, 0.05) is 0 Å². The van der Waals surface area contributed by atoms with Crippen LogP contribution >= 0.6 is 0 Å². The number of alkyl carbamates (subject to hydrolysis) is 1. The molecule has 17 heavy (non-hydrogen) atoms. The van der Waals surface area contributed by atoms with Crippen LogP contribution < -0.4 is 5.32 Å². The minimum Gasteiger partial charge on any atom is -0.444 e. The first-order chi connectivity index (χ1) is 8.27. The monoisotopic (exact) mass is 243 g/mol. The normalized spacial score (nSPS) is 23.5. The van der Waals surface area contributed by atoms with E-state index in [1.165, 1.54) is 38.5 Å². The quantitative estimate of drug-likeness (QED) is 0.612. The van der Waals surface area contributed by atoms with Gasteiger partial charge in [0.05, 0.1) is 12.6 Å². The van der Waals surface area contributed by atoms with Crippen molar-refractivity contribution in [1.29, 1.82) is 0 Å². The third-order valence-electron chi connectivity index (χ3n) is 3.30. The molecule has 0 unspecified atom stereocenters. The number of hydrogen-bond acceptors (Lipinski definition) is 3. The predicted octanol–water partition coefficient (Wildman–Crippen LogP) is 2.60. The number of cyclic esters (lactones) is 1. The molecule has 2 N–H and O–H groups in total. The van der Waals surface area contributed by atoms with Gasteiger partial charge in [-0.15, -0.1) is 0 Å². The summed E-state index contributed by atoms with van der Waals surface area (Å²) in [6.07, 6.45) is 9.10. The highest BCUT2D eigenvalue weighted by molar-refractivity contribution is 5.70. The SMILES string of the molecule is CCCCCCCCC[C@H]1OC(=O)N[C@H]1CO. The molecule has 1 aliphatic heterocycles. The van der Waals surface area contributed by atoms with Gasteiger partial charge in [-0.1, -0.05) is 45.4 Å². The molecule has 1 aliphatic rings. The first-order valence-electron chi connectivity index (χ1n) is 6.86. The van der Waals surface area contributed by atoms with E-state index in [2.05, 4.69) is 12.2 Å². The number of rotatable bonds is 9. The molecular weight excluding hydrogens is 218 g/mol. The second-order valence-electron chi connectivity index (χ2n) is 4.79. The van der Waals surface area contributed by atoms with Crippen molar-refractivity contribution in [2.24, 2.45) is 0 Å². The van der Waals surface area contributed by atoms with E-state index in [4.69, 9.17) is 9.84 Å². The van der Waals surface area contributed by atoms with Crippen LogP contribution in [0.15, 0.2) is 0 Å². The van der Waals surface area contributed by atoms with Crippen molar-refractivity contribution in [1.82, 2.24) is 5.32 Å². The van der Waals surface area contributed by atoms with Crippen molar-refractivity contribution in [2.75, 3.05) is 6.61 Å². The molecule has 0 bridgehead atoms. The molecule has 0 saturated carbocycles. The van der Waals surface area contributed by atoms with Crippen molar-refractivity contribution in [3.05, 3.63) is 0 Å². The lowest BCUT2D eigenvalue weighted by Gasteiger charge is -2.13. The Kier molecular flexibility index (Phi) is 7.01. The van der Waals surface area contributed by atoms with Crippen LogP contribution in [-0.2, 0) is 4.74 Å². The van der Waals surface area contributed by atoms with Gasteiger partial charge in [0.25, 0.3) is 0 Å². The maximum atomic E-state index is 11.0. The lowest BCUT2D eigenvalue weighted by molar-refractivity contribution is 0.111. The maximum absolute atomic E-state index is 11.0. The fourth-order valence-electron chi connectivity index (χ4n) is 2.22. The molecule has 2 atom stereocenters. The number of hydrogen-bond donors (Lipinski definition) is 2. The summed E-state index contributed by atoms with van der Waals surface area (Å²) in [5.74, 6) is 0. The molecule has 0 aromatic rings. The van der Waals surface area contributed by atoms with Gasteiger partial charge >= 0.3 is 6.09 Å². The van der Waals surface area contributed by atoms with E-state index in [9.17, 15) is 4.79 Å². The summed E-state index contributed by atoms with van der Waals surface area (Å²) in [6, 6.07) is -0.206. The molecule has 0 radical (unpaired) electrons. The average Bonchev–Trinajstić information content (AvgIpc) is 2.68. The summed E-state index contributed by atoms with van der Waals surface area (Å²) in [7, 11) is 0. The topological polar surface area (TPSA) is 58.6 Å². The highest BCUT2D eigenvalue weighted by Gasteiger charge is 2.32. The zero-order chi connectivity index (χ0) is 12.5. The van der Waals surface area contributed by atoms with E-state index in [0.29, 0.717) is 0 Å². The van der Waals surface area contributed by atoms with Crippen LogP contribution in [0.25, 0.3) is 0 Å². The predicted molar refractivity (Wildman–Crippen MR) is 66.9 cm³/mol. The van der Waals surface area contributed by atoms with E-state index in [1.807, 2.05) is 0 Å². The Morgan fingerprint density at radius 1 is 1.18 bits per heavy atom. The van der Waals surface area contributed by atoms with Gasteiger partial charge < -0.3 is 15.2 Å². The van der Waals surface area contributed by atoms with Crippen LogP contribution in [-0.4, -0.2) is 30.0 Å². The van der Waals surface area contributed by atoms with E-state index < -0.39 is 6.09 Å². The number of nitrogens with one attached hydrogen (secondary N) is 1. The summed E-state index contributed by atoms with van der Waals surface area (Å²) < 4.78 is 5.10. The average molecular weight is 243 g/mol. The molecule has 1 heterocycles. The third-order valence-corrected chi connectivity index (χ3v) is 3.30. The number of aliphatic hydroxyl groups excluding tert-OH is 1. The summed E-state index contributed by atoms with van der Waals surface area (Å²) >= 11 is 0. The number of amides is 1. The van der Waals surface area contributed by atoms with Crippen LogP contribution in [0.2, 0.25) is 0 Å². The van der Waals surface area contributed by atoms with Gasteiger partial charge in [0.1, 0.15) is 6.10 Å². The number of unbranched alkanes of at least 4 members (excludes halogenated alkanes) is 6. The highest BCUT2D eigenvalue weighted by Crippen LogP contribution is 2.17. The number of ether oxygens (including phenoxy) is 1. The molecule has 0 aromatic heterocycles. The molecule has 1 amide bonds. The van der Waals surface area contributed by atoms with Crippen molar-refractivity contribution in [3.8, 4) is 0 Å². The van der Waals surface area contributed by atoms with Gasteiger partial charge in [0.2, 0.25) is 0 Å². The summed E-state index contributed by atoms with van der Waals surface area (Å²) in [6.45, 7) is 2.18. The molecule has 0 aliphatic carbocycles. The van der Waals surface area contributed by atoms with Crippen LogP contribution in [0.4, 0.5) is 4.79 Å². The second-order valence-corrected chi connectivity index (χ2v) is 4.79. The van der Waals surface area contributed by atoms with Crippen molar-refractivity contribution in [2.45, 2.75) is 70.4 Å². The first kappa shape index (κ1) is 14.3. The fourth-order valence-corrected chi connectivity index (χ4v) is 2.22. The lowest BCUT2D eigenvalue weighted by atomic mass is 10.0. The van der Waals surface area contributed by atoms with Gasteiger partial charge in [-0.25, -0.2) is 4.79 Å². The first-order valence-corrected chi connectivity index (χ1v) is 6.86. The Morgan fingerprint density at radius 3 is 2.47 bits per heavy atom. The number of carbonyl (C=O) groups is 1. The van der Waals surface area contributed by atoms with Gasteiger partial charge in [-0.3, -0.25) is 0 Å². The molecule has 1 saturated heterocycles. The summed E-state index contributed by atoms with van der Waals surface area (Å²) in [5, 5.41) is 11.7. The summed E-state index contributed by atoms with van der Waals surface area (Å²) in [4.78, 5) is 11.0. The van der Waals surface area contributed by atoms with Gasteiger partial charge in [-0.2, -0.15) is 0 Å². The molecule has 1 rings (SSSR count). The molecule has 0 spiro atoms. The molecule has 4 nitrogen and oxygen atoms in total. The molecule has 1 fully saturated rings. The Bertz CT molecular complexity index is 221. The van der Waals surface area contributed by atoms with E-state index in [-0.39, 0.29) is 18.8 Å². The summed E-state index contributed by atoms with van der Waals surface area (Å²) in [5.41, 5.74) is 0. The number of aliphatic hydroxyl groups is 1. The zero-order valence-electron chi connectivity index (χ0n) is 10.8. The molecule has 100 valence electrons. The molecule has 4 heteroatoms. The minimum absolute atomic E-state index is 0.0348. The van der Waals surface area contributed by atoms with Crippen LogP contribution in [0.3, 0.4) is 0 Å². The largest absolute Gasteiger partial charge is 0.444 e. The van der Waals surface area contributed by atoms with Gasteiger partial charge in [-0.05, 0) is 12.8 Å². The Balaban J connectivity index is 2.00. The highest BCUT2D eigenvalue weighted by atomic mass is 16.6. The van der Waals surface area contributed by atoms with Crippen LogP contribution in [0.5, 0.6) is 0 Å². The Morgan fingerprint density at radius 2 is 1.82 bits per heavy atom. The van der Waals surface area contributed by atoms with E-state index in [1.54, 1.807) is 0 Å². The second kappa shape index (κ2) is 8.34. The molecular formula is C13H25NO3. The zero-order valence-corrected chi connectivity index (χ0v) is 10.8. The van der Waals surface area contributed by atoms with Crippen molar-refractivity contribution >= 4 is 6.09 Å². The van der Waals surface area contributed by atoms with Gasteiger partial charge in [0.15, 0.2) is 0 Å². The molecule has 0 aromatic carbocycles. The fraction of sp³-hybridized carbons (Fsp3) is 0.923. The smallest absolute Gasteiger partial charge is 0.407 e. The van der Waals surface area contributed by atoms with E-state index in [0.717, 1.165) is 12.8 Å². The van der Waals surface area contributed by atoms with Crippen molar-refractivity contribution < 1.29 is 14.6 Å². The van der Waals surface area contributed by atoms with E-state index >= 15 is 0 Å². The Hall–Kier alpha value is -0.770. The minimum atomic E-state index is -0.392.